The van der Waals surface area contributed by atoms with Gasteiger partial charge in [0.15, 0.2) is 11.4 Å². The number of thiophene rings is 1. The number of hydrogen-bond acceptors (Lipinski definition) is 7. The summed E-state index contributed by atoms with van der Waals surface area (Å²) < 4.78 is 0.923. The van der Waals surface area contributed by atoms with Crippen LogP contribution in [0.5, 0.6) is 0 Å². The summed E-state index contributed by atoms with van der Waals surface area (Å²) in [5.41, 5.74) is 11.1. The number of hydrogen-bond donors (Lipinski definition) is 2. The number of nitrogen functional groups attached to an aromatic ring is 2. The second kappa shape index (κ2) is 4.50. The molecule has 0 aromatic carbocycles. The van der Waals surface area contributed by atoms with Crippen LogP contribution in [0, 0.1) is 0 Å². The maximum Gasteiger partial charge on any atom is 0.197 e. The highest BCUT2D eigenvalue weighted by molar-refractivity contribution is 8.01. The van der Waals surface area contributed by atoms with E-state index in [4.69, 9.17) is 11.5 Å². The minimum Gasteiger partial charge on any atom is -0.383 e. The topological polar surface area (TPSA) is 94.9 Å². The predicted molar refractivity (Wildman–Crippen MR) is 64.7 cm³/mol. The van der Waals surface area contributed by atoms with Crippen molar-refractivity contribution in [2.75, 3.05) is 11.5 Å². The van der Waals surface area contributed by atoms with Gasteiger partial charge in [-0.3, -0.25) is 4.79 Å². The molecule has 0 saturated carbocycles. The summed E-state index contributed by atoms with van der Waals surface area (Å²) in [4.78, 5) is 19.2. The number of nitrogens with zero attached hydrogens (tertiary/aromatic N) is 2. The lowest BCUT2D eigenvalue weighted by molar-refractivity contribution is 0.112. The molecule has 0 bridgehead atoms. The van der Waals surface area contributed by atoms with Gasteiger partial charge in [0.25, 0.3) is 0 Å². The minimum absolute atomic E-state index is 0.335. The van der Waals surface area contributed by atoms with Crippen LogP contribution in [-0.4, -0.2) is 16.3 Å². The van der Waals surface area contributed by atoms with Crippen molar-refractivity contribution in [3.63, 3.8) is 0 Å². The fourth-order valence-corrected chi connectivity index (χ4v) is 2.90. The van der Waals surface area contributed by atoms with Crippen LogP contribution in [0.1, 0.15) is 9.67 Å². The molecule has 7 heteroatoms. The van der Waals surface area contributed by atoms with Crippen LogP contribution in [0.2, 0.25) is 0 Å². The molecule has 2 rings (SSSR count). The lowest BCUT2D eigenvalue weighted by atomic mass is 10.5. The number of aldehydes is 1. The minimum atomic E-state index is 0.335. The number of anilines is 2. The van der Waals surface area contributed by atoms with Crippen LogP contribution in [0.4, 0.5) is 11.6 Å². The predicted octanol–water partition coefficient (Wildman–Crippen LogP) is 1.67. The summed E-state index contributed by atoms with van der Waals surface area (Å²) in [6, 6.07) is 5.08. The number of aromatic nitrogens is 2. The first-order valence-electron chi connectivity index (χ1n) is 4.30. The maximum absolute atomic E-state index is 10.5. The van der Waals surface area contributed by atoms with Gasteiger partial charge in [-0.05, 0) is 23.9 Å². The van der Waals surface area contributed by atoms with Gasteiger partial charge in [-0.2, -0.15) is 0 Å². The van der Waals surface area contributed by atoms with Crippen molar-refractivity contribution in [2.24, 2.45) is 0 Å². The van der Waals surface area contributed by atoms with E-state index in [1.54, 1.807) is 6.07 Å². The van der Waals surface area contributed by atoms with E-state index in [-0.39, 0.29) is 0 Å². The lowest BCUT2D eigenvalue weighted by Gasteiger charge is -1.99. The Bertz CT molecular complexity index is 506. The van der Waals surface area contributed by atoms with Gasteiger partial charge in [-0.1, -0.05) is 0 Å². The van der Waals surface area contributed by atoms with E-state index in [0.717, 1.165) is 10.5 Å². The Kier molecular flexibility index (Phi) is 3.07. The fourth-order valence-electron chi connectivity index (χ4n) is 1.05. The highest BCUT2D eigenvalue weighted by Gasteiger charge is 2.05. The van der Waals surface area contributed by atoms with Crippen molar-refractivity contribution in [3.8, 4) is 0 Å². The molecule has 0 saturated heterocycles. The monoisotopic (exact) mass is 252 g/mol. The first kappa shape index (κ1) is 10.9. The van der Waals surface area contributed by atoms with E-state index in [1.807, 2.05) is 6.07 Å². The lowest BCUT2D eigenvalue weighted by Crippen LogP contribution is -1.98. The van der Waals surface area contributed by atoms with Gasteiger partial charge in [0, 0.05) is 6.07 Å². The molecule has 82 valence electrons. The van der Waals surface area contributed by atoms with Crippen molar-refractivity contribution in [2.45, 2.75) is 9.37 Å². The van der Waals surface area contributed by atoms with Crippen LogP contribution >= 0.6 is 23.1 Å². The molecule has 0 radical (unpaired) electrons. The molecule has 16 heavy (non-hydrogen) atoms. The Morgan fingerprint density at radius 1 is 1.25 bits per heavy atom. The van der Waals surface area contributed by atoms with Gasteiger partial charge < -0.3 is 11.5 Å². The standard InChI is InChI=1S/C9H8N4OS2/c10-6-3-7(11)13-9(12-6)16-8-2-1-5(4-14)15-8/h1-4H,(H4,10,11,12,13). The molecule has 0 fully saturated rings. The van der Waals surface area contributed by atoms with Crippen LogP contribution < -0.4 is 11.5 Å². The summed E-state index contributed by atoms with van der Waals surface area (Å²) in [5, 5.41) is 0.483. The highest BCUT2D eigenvalue weighted by atomic mass is 32.2. The molecule has 2 heterocycles. The molecule has 0 aliphatic carbocycles. The van der Waals surface area contributed by atoms with Gasteiger partial charge in [0.2, 0.25) is 0 Å². The molecule has 0 spiro atoms. The maximum atomic E-state index is 10.5. The first-order chi connectivity index (χ1) is 7.67. The third-order valence-corrected chi connectivity index (χ3v) is 3.66. The second-order valence-corrected chi connectivity index (χ2v) is 5.26. The Hall–Kier alpha value is -1.60. The second-order valence-electron chi connectivity index (χ2n) is 2.88. The van der Waals surface area contributed by atoms with E-state index in [1.165, 1.54) is 29.2 Å². The highest BCUT2D eigenvalue weighted by Crippen LogP contribution is 2.31. The average molecular weight is 252 g/mol. The molecular formula is C9H8N4OS2. The van der Waals surface area contributed by atoms with Crippen molar-refractivity contribution in [1.82, 2.24) is 9.97 Å². The molecule has 0 atom stereocenters. The number of nitrogens with two attached hydrogens (primary N) is 2. The fraction of sp³-hybridized carbons (Fsp3) is 0. The van der Waals surface area contributed by atoms with Gasteiger partial charge in [0.05, 0.1) is 9.09 Å². The van der Waals surface area contributed by atoms with Gasteiger partial charge in [0.1, 0.15) is 11.6 Å². The van der Waals surface area contributed by atoms with Crippen molar-refractivity contribution < 1.29 is 4.79 Å². The molecule has 2 aromatic heterocycles. The van der Waals surface area contributed by atoms with E-state index in [2.05, 4.69) is 9.97 Å². The van der Waals surface area contributed by atoms with Gasteiger partial charge >= 0.3 is 0 Å². The quantitative estimate of drug-likeness (QED) is 0.637. The Morgan fingerprint density at radius 3 is 2.50 bits per heavy atom. The normalized spacial score (nSPS) is 10.2. The van der Waals surface area contributed by atoms with Crippen molar-refractivity contribution >= 4 is 41.0 Å². The van der Waals surface area contributed by atoms with Gasteiger partial charge in [-0.25, -0.2) is 9.97 Å². The van der Waals surface area contributed by atoms with Gasteiger partial charge in [-0.15, -0.1) is 11.3 Å². The molecule has 0 amide bonds. The van der Waals surface area contributed by atoms with E-state index in [9.17, 15) is 4.79 Å². The van der Waals surface area contributed by atoms with E-state index >= 15 is 0 Å². The smallest absolute Gasteiger partial charge is 0.197 e. The van der Waals surface area contributed by atoms with Crippen molar-refractivity contribution in [3.05, 3.63) is 23.1 Å². The molecule has 0 aliphatic rings. The summed E-state index contributed by atoms with van der Waals surface area (Å²) in [5.74, 6) is 0.671. The first-order valence-corrected chi connectivity index (χ1v) is 5.93. The SMILES string of the molecule is Nc1cc(N)nc(Sc2ccc(C=O)s2)n1. The van der Waals surface area contributed by atoms with Crippen molar-refractivity contribution in [1.29, 1.82) is 0 Å². The number of rotatable bonds is 3. The zero-order valence-electron chi connectivity index (χ0n) is 8.08. The van der Waals surface area contributed by atoms with E-state index < -0.39 is 0 Å². The Morgan fingerprint density at radius 2 is 1.94 bits per heavy atom. The van der Waals surface area contributed by atoms with E-state index in [0.29, 0.717) is 21.7 Å². The largest absolute Gasteiger partial charge is 0.383 e. The summed E-state index contributed by atoms with van der Waals surface area (Å²) in [6.45, 7) is 0. The molecule has 4 N–H and O–H groups in total. The molecule has 5 nitrogen and oxygen atoms in total. The Labute approximate surface area is 99.9 Å². The molecule has 0 unspecified atom stereocenters. The summed E-state index contributed by atoms with van der Waals surface area (Å²) in [6.07, 6.45) is 0.809. The third kappa shape index (κ3) is 2.50. The van der Waals surface area contributed by atoms with Crippen LogP contribution in [0.25, 0.3) is 0 Å². The van der Waals surface area contributed by atoms with Crippen LogP contribution in [-0.2, 0) is 0 Å². The Balaban J connectivity index is 2.22. The summed E-state index contributed by atoms with van der Waals surface area (Å²) >= 11 is 2.70. The number of carbonyl (C=O) groups is 1. The van der Waals surface area contributed by atoms with Crippen LogP contribution in [0.15, 0.2) is 27.6 Å². The van der Waals surface area contributed by atoms with Crippen LogP contribution in [0.3, 0.4) is 0 Å². The molecular weight excluding hydrogens is 244 g/mol. The number of carbonyl (C=O) groups excluding carboxylic acids is 1. The zero-order chi connectivity index (χ0) is 11.5. The third-order valence-electron chi connectivity index (χ3n) is 1.66. The summed E-state index contributed by atoms with van der Waals surface area (Å²) in [7, 11) is 0. The average Bonchev–Trinajstić information content (AvgIpc) is 2.64. The molecule has 2 aromatic rings. The molecule has 0 aliphatic heterocycles. The zero-order valence-corrected chi connectivity index (χ0v) is 9.72.